The number of ketones is 1. The van der Waals surface area contributed by atoms with E-state index in [1.807, 2.05) is 12.1 Å². The van der Waals surface area contributed by atoms with Crippen molar-refractivity contribution in [1.29, 1.82) is 0 Å². The maximum absolute atomic E-state index is 13.3. The summed E-state index contributed by atoms with van der Waals surface area (Å²) in [6.07, 6.45) is 4.72. The number of nitrogens with one attached hydrogen (secondary N) is 2. The van der Waals surface area contributed by atoms with Gasteiger partial charge in [0.2, 0.25) is 0 Å². The minimum absolute atomic E-state index is 0.0552. The van der Waals surface area contributed by atoms with Crippen molar-refractivity contribution in [2.24, 2.45) is 0 Å². The molecule has 0 saturated heterocycles. The Balaban J connectivity index is 1.50. The second-order valence-electron chi connectivity index (χ2n) is 9.56. The predicted molar refractivity (Wildman–Crippen MR) is 167 cm³/mol. The number of carbonyl (C=O) groups excluding carboxylic acids is 3. The van der Waals surface area contributed by atoms with E-state index in [9.17, 15) is 14.4 Å². The van der Waals surface area contributed by atoms with Gasteiger partial charge in [-0.05, 0) is 77.7 Å². The minimum atomic E-state index is -0.589. The quantitative estimate of drug-likeness (QED) is 0.153. The first kappa shape index (κ1) is 29.5. The van der Waals surface area contributed by atoms with Crippen LogP contribution < -0.4 is 10.6 Å². The molecule has 206 valence electrons. The number of hydrogen-bond acceptors (Lipinski definition) is 3. The van der Waals surface area contributed by atoms with Gasteiger partial charge in [0.25, 0.3) is 11.8 Å². The Hall–Kier alpha value is -4.45. The highest BCUT2D eigenvalue weighted by Gasteiger charge is 2.17. The van der Waals surface area contributed by atoms with E-state index in [1.54, 1.807) is 78.9 Å². The summed E-state index contributed by atoms with van der Waals surface area (Å²) in [5.41, 5.74) is 3.78. The third-order valence-electron chi connectivity index (χ3n) is 6.27. The standard InChI is InChI=1S/C34H28Cl2N2O3/c1-22(2)24-14-11-23(12-15-24)13-20-32(39)25-16-18-27(19-17-25)37-34(41)31(21-28-29(35)9-6-10-30(28)36)38-33(40)26-7-4-3-5-8-26/h3-22H,1-2H3,(H,37,41)(H,38,40)/b20-13+,31-21-. The van der Waals surface area contributed by atoms with Crippen LogP contribution in [0.2, 0.25) is 10.0 Å². The highest BCUT2D eigenvalue weighted by atomic mass is 35.5. The van der Waals surface area contributed by atoms with Gasteiger partial charge in [0.05, 0.1) is 0 Å². The van der Waals surface area contributed by atoms with E-state index in [1.165, 1.54) is 17.7 Å². The number of carbonyl (C=O) groups is 3. The third kappa shape index (κ3) is 8.04. The van der Waals surface area contributed by atoms with Gasteiger partial charge in [0.1, 0.15) is 5.70 Å². The molecule has 4 aromatic rings. The molecule has 0 radical (unpaired) electrons. The number of amides is 2. The summed E-state index contributed by atoms with van der Waals surface area (Å²) in [5, 5.41) is 6.06. The maximum Gasteiger partial charge on any atom is 0.272 e. The molecule has 0 spiro atoms. The number of benzene rings is 4. The van der Waals surface area contributed by atoms with Crippen LogP contribution >= 0.6 is 23.2 Å². The van der Waals surface area contributed by atoms with Crippen LogP contribution in [0.3, 0.4) is 0 Å². The monoisotopic (exact) mass is 582 g/mol. The van der Waals surface area contributed by atoms with Gasteiger partial charge in [-0.3, -0.25) is 14.4 Å². The molecular weight excluding hydrogens is 555 g/mol. The number of hydrogen-bond donors (Lipinski definition) is 2. The van der Waals surface area contributed by atoms with Crippen LogP contribution in [0.4, 0.5) is 5.69 Å². The van der Waals surface area contributed by atoms with Gasteiger partial charge in [-0.15, -0.1) is 0 Å². The number of rotatable bonds is 9. The van der Waals surface area contributed by atoms with Crippen molar-refractivity contribution in [1.82, 2.24) is 5.32 Å². The lowest BCUT2D eigenvalue weighted by molar-refractivity contribution is -0.113. The van der Waals surface area contributed by atoms with E-state index < -0.39 is 11.8 Å². The molecule has 0 fully saturated rings. The van der Waals surface area contributed by atoms with Gasteiger partial charge in [-0.25, -0.2) is 0 Å². The van der Waals surface area contributed by atoms with Crippen LogP contribution in [0.15, 0.2) is 109 Å². The number of anilines is 1. The van der Waals surface area contributed by atoms with Crippen molar-refractivity contribution in [2.45, 2.75) is 19.8 Å². The van der Waals surface area contributed by atoms with Crippen molar-refractivity contribution in [3.05, 3.63) is 147 Å². The molecular formula is C34H28Cl2N2O3. The van der Waals surface area contributed by atoms with Gasteiger partial charge in [0.15, 0.2) is 5.78 Å². The Kier molecular flexibility index (Phi) is 9.91. The molecule has 2 N–H and O–H groups in total. The van der Waals surface area contributed by atoms with Crippen LogP contribution in [-0.4, -0.2) is 17.6 Å². The summed E-state index contributed by atoms with van der Waals surface area (Å²) in [6, 6.07) is 28.0. The largest absolute Gasteiger partial charge is 0.321 e. The normalized spacial score (nSPS) is 11.5. The van der Waals surface area contributed by atoms with E-state index in [-0.39, 0.29) is 11.5 Å². The molecule has 4 rings (SSSR count). The molecule has 0 aromatic heterocycles. The molecule has 0 aliphatic rings. The molecule has 0 aliphatic heterocycles. The van der Waals surface area contributed by atoms with Gasteiger partial charge < -0.3 is 10.6 Å². The van der Waals surface area contributed by atoms with Crippen LogP contribution in [0.1, 0.15) is 57.2 Å². The molecule has 2 amide bonds. The van der Waals surface area contributed by atoms with E-state index in [4.69, 9.17) is 23.2 Å². The average Bonchev–Trinajstić information content (AvgIpc) is 2.98. The highest BCUT2D eigenvalue weighted by Crippen LogP contribution is 2.27. The summed E-state index contributed by atoms with van der Waals surface area (Å²) in [5.74, 6) is -0.787. The van der Waals surface area contributed by atoms with Crippen molar-refractivity contribution in [3.63, 3.8) is 0 Å². The van der Waals surface area contributed by atoms with Crippen molar-refractivity contribution >= 4 is 58.6 Å². The maximum atomic E-state index is 13.3. The Morgan fingerprint density at radius 3 is 1.98 bits per heavy atom. The van der Waals surface area contributed by atoms with Crippen molar-refractivity contribution in [2.75, 3.05) is 5.32 Å². The zero-order valence-corrected chi connectivity index (χ0v) is 24.0. The zero-order chi connectivity index (χ0) is 29.4. The molecule has 0 aliphatic carbocycles. The minimum Gasteiger partial charge on any atom is -0.321 e. The fourth-order valence-corrected chi connectivity index (χ4v) is 4.42. The molecule has 0 unspecified atom stereocenters. The van der Waals surface area contributed by atoms with Crippen LogP contribution in [-0.2, 0) is 4.79 Å². The Morgan fingerprint density at radius 2 is 1.37 bits per heavy atom. The first-order chi connectivity index (χ1) is 19.7. The SMILES string of the molecule is CC(C)c1ccc(/C=C/C(=O)c2ccc(NC(=O)/C(=C/c3c(Cl)cccc3Cl)NC(=O)c3ccccc3)cc2)cc1. The molecule has 0 bridgehead atoms. The molecule has 7 heteroatoms. The molecule has 0 saturated carbocycles. The topological polar surface area (TPSA) is 75.3 Å². The summed E-state index contributed by atoms with van der Waals surface area (Å²) in [4.78, 5) is 38.9. The predicted octanol–water partition coefficient (Wildman–Crippen LogP) is 8.42. The Labute approximate surface area is 249 Å². The summed E-state index contributed by atoms with van der Waals surface area (Å²) in [6.45, 7) is 4.26. The summed E-state index contributed by atoms with van der Waals surface area (Å²) >= 11 is 12.6. The summed E-state index contributed by atoms with van der Waals surface area (Å²) in [7, 11) is 0. The Morgan fingerprint density at radius 1 is 0.732 bits per heavy atom. The molecule has 5 nitrogen and oxygen atoms in total. The van der Waals surface area contributed by atoms with Gasteiger partial charge in [0, 0.05) is 32.4 Å². The van der Waals surface area contributed by atoms with Gasteiger partial charge in [-0.2, -0.15) is 0 Å². The smallest absolute Gasteiger partial charge is 0.272 e. The first-order valence-corrected chi connectivity index (χ1v) is 13.7. The summed E-state index contributed by atoms with van der Waals surface area (Å²) < 4.78 is 0. The van der Waals surface area contributed by atoms with Gasteiger partial charge in [-0.1, -0.05) is 91.7 Å². The number of allylic oxidation sites excluding steroid dienone is 1. The second-order valence-corrected chi connectivity index (χ2v) is 10.4. The highest BCUT2D eigenvalue weighted by molar-refractivity contribution is 6.37. The average molecular weight is 584 g/mol. The van der Waals surface area contributed by atoms with E-state index >= 15 is 0 Å². The lowest BCUT2D eigenvalue weighted by atomic mass is 10.0. The van der Waals surface area contributed by atoms with Gasteiger partial charge >= 0.3 is 0 Å². The molecule has 0 atom stereocenters. The van der Waals surface area contributed by atoms with Crippen molar-refractivity contribution < 1.29 is 14.4 Å². The first-order valence-electron chi connectivity index (χ1n) is 13.0. The second kappa shape index (κ2) is 13.8. The van der Waals surface area contributed by atoms with Crippen LogP contribution in [0, 0.1) is 0 Å². The number of halogens is 2. The molecule has 0 heterocycles. The lowest BCUT2D eigenvalue weighted by Crippen LogP contribution is -2.30. The fraction of sp³-hybridized carbons (Fsp3) is 0.0882. The van der Waals surface area contributed by atoms with Crippen LogP contribution in [0.5, 0.6) is 0 Å². The third-order valence-corrected chi connectivity index (χ3v) is 6.93. The fourth-order valence-electron chi connectivity index (χ4n) is 3.91. The van der Waals surface area contributed by atoms with Crippen LogP contribution in [0.25, 0.3) is 12.2 Å². The van der Waals surface area contributed by atoms with E-state index in [0.29, 0.717) is 38.3 Å². The van der Waals surface area contributed by atoms with E-state index in [2.05, 4.69) is 36.6 Å². The Bertz CT molecular complexity index is 1590. The molecule has 41 heavy (non-hydrogen) atoms. The lowest BCUT2D eigenvalue weighted by Gasteiger charge is -2.12. The molecule has 4 aromatic carbocycles. The van der Waals surface area contributed by atoms with E-state index in [0.717, 1.165) is 5.56 Å². The van der Waals surface area contributed by atoms with Crippen molar-refractivity contribution in [3.8, 4) is 0 Å². The zero-order valence-electron chi connectivity index (χ0n) is 22.5.